The molecule has 100 valence electrons. The molecule has 2 rings (SSSR count). The van der Waals surface area contributed by atoms with Crippen LogP contribution in [0, 0.1) is 6.92 Å². The lowest BCUT2D eigenvalue weighted by Gasteiger charge is -2.11. The Bertz CT molecular complexity index is 488. The van der Waals surface area contributed by atoms with Gasteiger partial charge in [0, 0.05) is 11.3 Å². The molecular weight excluding hydrogens is 256 g/mol. The molecule has 1 aromatic carbocycles. The van der Waals surface area contributed by atoms with Crippen molar-refractivity contribution in [2.45, 2.75) is 19.3 Å². The van der Waals surface area contributed by atoms with Crippen LogP contribution in [0.3, 0.4) is 0 Å². The molecule has 2 nitrogen and oxygen atoms in total. The number of aryl methyl sites for hydroxylation is 1. The third-order valence-electron chi connectivity index (χ3n) is 2.88. The van der Waals surface area contributed by atoms with E-state index in [4.69, 9.17) is 4.74 Å². The second-order valence-corrected chi connectivity index (χ2v) is 5.35. The van der Waals surface area contributed by atoms with E-state index in [9.17, 15) is 5.11 Å². The van der Waals surface area contributed by atoms with Gasteiger partial charge in [-0.05, 0) is 30.0 Å². The normalized spacial score (nSPS) is 22.7. The minimum Gasteiger partial charge on any atom is -0.364 e. The Kier molecular flexibility index (Phi) is 5.02. The van der Waals surface area contributed by atoms with E-state index in [0.717, 1.165) is 16.9 Å². The van der Waals surface area contributed by atoms with Crippen LogP contribution in [0.5, 0.6) is 0 Å². The fraction of sp³-hybridized carbons (Fsp3) is 0.250. The molecule has 3 heteroatoms. The summed E-state index contributed by atoms with van der Waals surface area (Å²) in [5.74, 6) is 0.863. The van der Waals surface area contributed by atoms with E-state index in [2.05, 4.69) is 13.5 Å². The van der Waals surface area contributed by atoms with Crippen molar-refractivity contribution < 1.29 is 9.84 Å². The maximum Gasteiger partial charge on any atom is 0.182 e. The topological polar surface area (TPSA) is 29.5 Å². The molecule has 0 saturated heterocycles. The van der Waals surface area contributed by atoms with E-state index < -0.39 is 6.29 Å². The lowest BCUT2D eigenvalue weighted by atomic mass is 10.1. The van der Waals surface area contributed by atoms with Gasteiger partial charge in [-0.15, -0.1) is 18.3 Å². The van der Waals surface area contributed by atoms with Crippen LogP contribution in [0.25, 0.3) is 0 Å². The fourth-order valence-electron chi connectivity index (χ4n) is 1.83. The summed E-state index contributed by atoms with van der Waals surface area (Å²) in [6.07, 6.45) is 4.69. The van der Waals surface area contributed by atoms with Gasteiger partial charge in [0.05, 0.1) is 0 Å². The van der Waals surface area contributed by atoms with E-state index in [-0.39, 0.29) is 6.10 Å². The van der Waals surface area contributed by atoms with Gasteiger partial charge in [-0.3, -0.25) is 0 Å². The van der Waals surface area contributed by atoms with Gasteiger partial charge < -0.3 is 9.84 Å². The van der Waals surface area contributed by atoms with Gasteiger partial charge in [-0.1, -0.05) is 35.9 Å². The lowest BCUT2D eigenvalue weighted by molar-refractivity contribution is -0.0788. The van der Waals surface area contributed by atoms with Gasteiger partial charge in [0.2, 0.25) is 0 Å². The fourth-order valence-corrected chi connectivity index (χ4v) is 2.33. The molecule has 0 aromatic heterocycles. The Morgan fingerprint density at radius 2 is 2.11 bits per heavy atom. The highest BCUT2D eigenvalue weighted by Gasteiger charge is 2.24. The minimum atomic E-state index is -0.841. The minimum absolute atomic E-state index is 0.167. The molecule has 1 aliphatic heterocycles. The van der Waals surface area contributed by atoms with Crippen LogP contribution in [-0.4, -0.2) is 17.1 Å². The van der Waals surface area contributed by atoms with Crippen LogP contribution in [0.1, 0.15) is 17.2 Å². The molecule has 0 aliphatic carbocycles. The van der Waals surface area contributed by atoms with Crippen molar-refractivity contribution in [3.8, 4) is 0 Å². The number of ether oxygens (including phenoxy) is 1. The van der Waals surface area contributed by atoms with Crippen molar-refractivity contribution >= 4 is 11.8 Å². The maximum atomic E-state index is 9.86. The highest BCUT2D eigenvalue weighted by atomic mass is 32.2. The average molecular weight is 274 g/mol. The van der Waals surface area contributed by atoms with E-state index >= 15 is 0 Å². The van der Waals surface area contributed by atoms with Gasteiger partial charge in [0.25, 0.3) is 0 Å². The quantitative estimate of drug-likeness (QED) is 0.655. The van der Waals surface area contributed by atoms with Gasteiger partial charge in [0.1, 0.15) is 6.10 Å². The molecule has 1 aliphatic rings. The first kappa shape index (κ1) is 14.1. The Balaban J connectivity index is 2.05. The number of rotatable bonds is 5. The summed E-state index contributed by atoms with van der Waals surface area (Å²) in [6, 6.07) is 8.16. The van der Waals surface area contributed by atoms with Crippen LogP contribution in [0.2, 0.25) is 0 Å². The molecule has 2 atom stereocenters. The molecule has 1 N–H and O–H groups in total. The maximum absolute atomic E-state index is 9.86. The molecule has 0 saturated carbocycles. The SMILES string of the molecule is C=CCS/C=C/C1=CC(c2ccc(C)cc2)OC1O. The molecule has 19 heavy (non-hydrogen) atoms. The van der Waals surface area contributed by atoms with Gasteiger partial charge in [-0.25, -0.2) is 0 Å². The molecule has 1 aromatic rings. The zero-order chi connectivity index (χ0) is 13.7. The number of aliphatic hydroxyl groups excluding tert-OH is 1. The van der Waals surface area contributed by atoms with Crippen molar-refractivity contribution in [3.63, 3.8) is 0 Å². The summed E-state index contributed by atoms with van der Waals surface area (Å²) >= 11 is 1.64. The van der Waals surface area contributed by atoms with Crippen molar-refractivity contribution in [2.75, 3.05) is 5.75 Å². The molecular formula is C16H18O2S. The van der Waals surface area contributed by atoms with Crippen LogP contribution in [-0.2, 0) is 4.74 Å². The predicted molar refractivity (Wildman–Crippen MR) is 80.9 cm³/mol. The molecule has 2 unspecified atom stereocenters. The zero-order valence-corrected chi connectivity index (χ0v) is 11.8. The highest BCUT2D eigenvalue weighted by Crippen LogP contribution is 2.31. The molecule has 0 bridgehead atoms. The largest absolute Gasteiger partial charge is 0.364 e. The van der Waals surface area contributed by atoms with E-state index in [0.29, 0.717) is 0 Å². The number of benzene rings is 1. The Labute approximate surface area is 118 Å². The smallest absolute Gasteiger partial charge is 0.182 e. The van der Waals surface area contributed by atoms with Crippen LogP contribution in [0.15, 0.2) is 60.1 Å². The molecule has 0 fully saturated rings. The van der Waals surface area contributed by atoms with Crippen LogP contribution < -0.4 is 0 Å². The van der Waals surface area contributed by atoms with Crippen LogP contribution >= 0.6 is 11.8 Å². The van der Waals surface area contributed by atoms with Crippen molar-refractivity contribution in [1.82, 2.24) is 0 Å². The Morgan fingerprint density at radius 3 is 2.79 bits per heavy atom. The van der Waals surface area contributed by atoms with E-state index in [1.54, 1.807) is 11.8 Å². The number of thioether (sulfide) groups is 1. The Hall–Kier alpha value is -1.29. The number of hydrogen-bond acceptors (Lipinski definition) is 3. The van der Waals surface area contributed by atoms with Gasteiger partial charge in [0.15, 0.2) is 6.29 Å². The standard InChI is InChI=1S/C16H18O2S/c1-3-9-19-10-8-14-11-15(18-16(14)17)13-6-4-12(2)5-7-13/h3-8,10-11,15-17H,1,9H2,2H3/b10-8+. The third-order valence-corrected chi connectivity index (χ3v) is 3.64. The number of aliphatic hydroxyl groups is 1. The summed E-state index contributed by atoms with van der Waals surface area (Å²) in [7, 11) is 0. The summed E-state index contributed by atoms with van der Waals surface area (Å²) < 4.78 is 5.54. The summed E-state index contributed by atoms with van der Waals surface area (Å²) in [6.45, 7) is 5.71. The van der Waals surface area contributed by atoms with Crippen molar-refractivity contribution in [2.24, 2.45) is 0 Å². The lowest BCUT2D eigenvalue weighted by Crippen LogP contribution is -2.08. The second-order valence-electron chi connectivity index (χ2n) is 4.41. The molecule has 1 heterocycles. The van der Waals surface area contributed by atoms with Gasteiger partial charge in [-0.2, -0.15) is 0 Å². The van der Waals surface area contributed by atoms with E-state index in [1.165, 1.54) is 5.56 Å². The Morgan fingerprint density at radius 1 is 1.37 bits per heavy atom. The van der Waals surface area contributed by atoms with Crippen molar-refractivity contribution in [3.05, 3.63) is 71.2 Å². The second kappa shape index (κ2) is 6.75. The third kappa shape index (κ3) is 3.83. The zero-order valence-electron chi connectivity index (χ0n) is 11.0. The average Bonchev–Trinajstić information content (AvgIpc) is 2.77. The predicted octanol–water partition coefficient (Wildman–Crippen LogP) is 3.74. The molecule has 0 radical (unpaired) electrons. The summed E-state index contributed by atoms with van der Waals surface area (Å²) in [5.41, 5.74) is 3.08. The first-order valence-electron chi connectivity index (χ1n) is 6.21. The first-order chi connectivity index (χ1) is 9.20. The molecule has 0 amide bonds. The monoisotopic (exact) mass is 274 g/mol. The van der Waals surface area contributed by atoms with E-state index in [1.807, 2.05) is 47.9 Å². The van der Waals surface area contributed by atoms with Crippen LogP contribution in [0.4, 0.5) is 0 Å². The molecule has 0 spiro atoms. The summed E-state index contributed by atoms with van der Waals surface area (Å²) in [5, 5.41) is 11.8. The summed E-state index contributed by atoms with van der Waals surface area (Å²) in [4.78, 5) is 0. The number of hydrogen-bond donors (Lipinski definition) is 1. The van der Waals surface area contributed by atoms with Crippen molar-refractivity contribution in [1.29, 1.82) is 0 Å². The first-order valence-corrected chi connectivity index (χ1v) is 7.26. The highest BCUT2D eigenvalue weighted by molar-refractivity contribution is 8.02. The van der Waals surface area contributed by atoms with Gasteiger partial charge >= 0.3 is 0 Å².